The molecule has 4 heterocycles. The lowest BCUT2D eigenvalue weighted by Gasteiger charge is -2.16. The molecule has 0 aliphatic carbocycles. The fourth-order valence-electron chi connectivity index (χ4n) is 4.48. The first-order valence-electron chi connectivity index (χ1n) is 13.0. The van der Waals surface area contributed by atoms with Gasteiger partial charge >= 0.3 is 20.4 Å². The van der Waals surface area contributed by atoms with E-state index in [0.29, 0.717) is 25.8 Å². The maximum atomic E-state index is 11.8. The van der Waals surface area contributed by atoms with Gasteiger partial charge in [-0.15, -0.1) is 0 Å². The van der Waals surface area contributed by atoms with Crippen LogP contribution in [0.4, 0.5) is 11.4 Å². The topological polar surface area (TPSA) is 233 Å². The van der Waals surface area contributed by atoms with E-state index < -0.39 is 32.2 Å². The number of nitrogens with one attached hydrogen (secondary N) is 3. The molecule has 5 N–H and O–H groups in total. The van der Waals surface area contributed by atoms with Gasteiger partial charge in [0.15, 0.2) is 0 Å². The zero-order valence-corrected chi connectivity index (χ0v) is 24.5. The number of aryl methyl sites for hydroxylation is 4. The van der Waals surface area contributed by atoms with Crippen molar-refractivity contribution in [1.82, 2.24) is 34.2 Å². The van der Waals surface area contributed by atoms with Crippen molar-refractivity contribution in [2.45, 2.75) is 25.8 Å². The highest BCUT2D eigenvalue weighted by Gasteiger charge is 2.36. The Hall–Kier alpha value is -5.17. The Kier molecular flexibility index (Phi) is 8.41. The van der Waals surface area contributed by atoms with Crippen LogP contribution in [0, 0.1) is 0 Å². The smallest absolute Gasteiger partial charge is 0.326 e. The van der Waals surface area contributed by atoms with Crippen LogP contribution in [0.15, 0.2) is 61.4 Å². The predicted octanol–water partition coefficient (Wildman–Crippen LogP) is -0.511. The summed E-state index contributed by atoms with van der Waals surface area (Å²) in [4.78, 5) is 30.4. The normalized spacial score (nSPS) is 16.7. The van der Waals surface area contributed by atoms with Gasteiger partial charge in [-0.25, -0.2) is 28.0 Å². The molecule has 19 heteroatoms. The number of benzene rings is 2. The number of phenolic OH excluding ortho intramolecular Hbond substituents is 2. The van der Waals surface area contributed by atoms with Gasteiger partial charge < -0.3 is 14.8 Å². The fourth-order valence-corrected chi connectivity index (χ4v) is 6.81. The molecule has 4 aromatic rings. The lowest BCUT2D eigenvalue weighted by molar-refractivity contribution is -0.118. The lowest BCUT2D eigenvalue weighted by Crippen LogP contribution is -2.29. The van der Waals surface area contributed by atoms with Crippen LogP contribution in [0.3, 0.4) is 0 Å². The molecular formula is C25H27N9O8S2. The van der Waals surface area contributed by atoms with Gasteiger partial charge in [-0.2, -0.15) is 21.9 Å². The van der Waals surface area contributed by atoms with Crippen LogP contribution in [0.2, 0.25) is 0 Å². The molecule has 0 radical (unpaired) electrons. The standard InChI is InChI=1S/C13H14N4O4S.C12H13N5O4S/c18-12-7-10(3-5-16-6-4-14-9-16)1-2-11(12)17-8-13(19)15-22(17,20)21;18-10-5-8(2-4-11-13-7-14-15-11)1-3-9(10)17-6-12(19)16-22(17,20)21/h1-2,4,6-7,9,18H,3,5,8H2,(H,15,19);1,3,5,7,18H,2,4,6H2,(H,16,19)(H,13,14,15). The summed E-state index contributed by atoms with van der Waals surface area (Å²) in [6, 6.07) is 9.38. The van der Waals surface area contributed by atoms with Crippen molar-refractivity contribution in [2.75, 3.05) is 21.7 Å². The minimum atomic E-state index is -3.92. The third-order valence-corrected chi connectivity index (χ3v) is 9.37. The van der Waals surface area contributed by atoms with E-state index in [1.165, 1.54) is 30.6 Å². The summed E-state index contributed by atoms with van der Waals surface area (Å²) in [6.45, 7) is 0.0262. The van der Waals surface area contributed by atoms with Crippen molar-refractivity contribution < 1.29 is 36.6 Å². The highest BCUT2D eigenvalue weighted by molar-refractivity contribution is 7.92. The van der Waals surface area contributed by atoms with Gasteiger partial charge in [-0.3, -0.25) is 14.7 Å². The molecule has 2 aromatic heterocycles. The number of nitrogens with zero attached hydrogens (tertiary/aromatic N) is 6. The van der Waals surface area contributed by atoms with E-state index in [2.05, 4.69) is 20.2 Å². The number of hydrogen-bond acceptors (Lipinski definition) is 11. The zero-order valence-electron chi connectivity index (χ0n) is 22.9. The molecule has 2 amide bonds. The van der Waals surface area contributed by atoms with Crippen molar-refractivity contribution in [3.05, 3.63) is 78.4 Å². The molecule has 2 aliphatic heterocycles. The van der Waals surface area contributed by atoms with Crippen LogP contribution < -0.4 is 18.1 Å². The molecule has 232 valence electrons. The van der Waals surface area contributed by atoms with E-state index in [1.807, 2.05) is 20.2 Å². The number of carbonyl (C=O) groups excluding carboxylic acids is 2. The Morgan fingerprint density at radius 2 is 1.36 bits per heavy atom. The molecule has 0 atom stereocenters. The third-order valence-electron chi connectivity index (χ3n) is 6.59. The molecule has 0 unspecified atom stereocenters. The number of aromatic hydroxyl groups is 2. The number of aromatic amines is 1. The minimum Gasteiger partial charge on any atom is -0.506 e. The van der Waals surface area contributed by atoms with Crippen LogP contribution in [0.5, 0.6) is 11.5 Å². The first-order chi connectivity index (χ1) is 20.9. The van der Waals surface area contributed by atoms with Crippen LogP contribution in [0.25, 0.3) is 0 Å². The molecule has 6 rings (SSSR count). The second-order valence-electron chi connectivity index (χ2n) is 9.70. The number of hydrogen-bond donors (Lipinski definition) is 5. The molecule has 2 aliphatic rings. The Bertz CT molecular complexity index is 1740. The largest absolute Gasteiger partial charge is 0.506 e. The summed E-state index contributed by atoms with van der Waals surface area (Å²) in [7, 11) is -7.83. The van der Waals surface area contributed by atoms with Crippen molar-refractivity contribution in [1.29, 1.82) is 0 Å². The Labute approximate surface area is 251 Å². The van der Waals surface area contributed by atoms with E-state index in [1.54, 1.807) is 24.7 Å². The second-order valence-corrected chi connectivity index (χ2v) is 12.9. The molecule has 17 nitrogen and oxygen atoms in total. The third kappa shape index (κ3) is 6.89. The zero-order chi connectivity index (χ0) is 31.5. The van der Waals surface area contributed by atoms with Gasteiger partial charge in [-0.05, 0) is 48.2 Å². The lowest BCUT2D eigenvalue weighted by atomic mass is 10.1. The summed E-state index contributed by atoms with van der Waals surface area (Å²) < 4.78 is 54.3. The number of anilines is 2. The van der Waals surface area contributed by atoms with Crippen molar-refractivity contribution in [3.8, 4) is 11.5 Å². The van der Waals surface area contributed by atoms with Crippen molar-refractivity contribution in [2.24, 2.45) is 0 Å². The number of amides is 2. The SMILES string of the molecule is O=C1CN(c2ccc(CCc3ncn[nH]3)cc2O)S(=O)(=O)N1.O=C1CN(c2ccc(CCn3ccnc3)cc2O)S(=O)(=O)N1. The maximum Gasteiger partial charge on any atom is 0.326 e. The number of rotatable bonds is 8. The van der Waals surface area contributed by atoms with Crippen LogP contribution in [0.1, 0.15) is 17.0 Å². The van der Waals surface area contributed by atoms with Crippen LogP contribution in [-0.2, 0) is 55.8 Å². The number of carbonyl (C=O) groups is 2. The summed E-state index contributed by atoms with van der Waals surface area (Å²) in [6.07, 6.45) is 8.51. The quantitative estimate of drug-likeness (QED) is 0.164. The molecule has 0 saturated carbocycles. The molecule has 2 saturated heterocycles. The average molecular weight is 646 g/mol. The van der Waals surface area contributed by atoms with E-state index in [4.69, 9.17) is 0 Å². The summed E-state index contributed by atoms with van der Waals surface area (Å²) in [5.41, 5.74) is 1.82. The summed E-state index contributed by atoms with van der Waals surface area (Å²) in [5.74, 6) is -0.906. The van der Waals surface area contributed by atoms with Crippen molar-refractivity contribution >= 4 is 43.6 Å². The monoisotopic (exact) mass is 645 g/mol. The van der Waals surface area contributed by atoms with Gasteiger partial charge in [0.1, 0.15) is 36.7 Å². The first-order valence-corrected chi connectivity index (χ1v) is 15.9. The number of aromatic nitrogens is 5. The minimum absolute atomic E-state index is 0.0711. The highest BCUT2D eigenvalue weighted by atomic mass is 32.2. The van der Waals surface area contributed by atoms with Gasteiger partial charge in [0.2, 0.25) is 0 Å². The van der Waals surface area contributed by atoms with E-state index in [9.17, 15) is 36.6 Å². The molecular weight excluding hydrogens is 618 g/mol. The number of phenols is 2. The average Bonchev–Trinajstić information content (AvgIpc) is 3.75. The number of H-pyrrole nitrogens is 1. The Morgan fingerprint density at radius 1 is 0.795 bits per heavy atom. The molecule has 0 bridgehead atoms. The summed E-state index contributed by atoms with van der Waals surface area (Å²) in [5, 5.41) is 26.6. The van der Waals surface area contributed by atoms with Crippen molar-refractivity contribution in [3.63, 3.8) is 0 Å². The first kappa shape index (κ1) is 30.3. The van der Waals surface area contributed by atoms with Gasteiger partial charge in [0.05, 0.1) is 17.7 Å². The Balaban J connectivity index is 0.000000175. The number of imidazole rings is 1. The van der Waals surface area contributed by atoms with Crippen LogP contribution >= 0.6 is 0 Å². The summed E-state index contributed by atoms with van der Waals surface area (Å²) >= 11 is 0. The highest BCUT2D eigenvalue weighted by Crippen LogP contribution is 2.32. The van der Waals surface area contributed by atoms with E-state index in [0.717, 1.165) is 25.6 Å². The molecule has 0 spiro atoms. The molecule has 44 heavy (non-hydrogen) atoms. The van der Waals surface area contributed by atoms with E-state index >= 15 is 0 Å². The van der Waals surface area contributed by atoms with Gasteiger partial charge in [-0.1, -0.05) is 12.1 Å². The van der Waals surface area contributed by atoms with E-state index in [-0.39, 0.29) is 36.0 Å². The second kappa shape index (κ2) is 12.2. The Morgan fingerprint density at radius 3 is 1.80 bits per heavy atom. The maximum absolute atomic E-state index is 11.8. The van der Waals surface area contributed by atoms with Gasteiger partial charge in [0.25, 0.3) is 11.8 Å². The van der Waals surface area contributed by atoms with Crippen LogP contribution in [-0.4, -0.2) is 76.7 Å². The molecule has 2 fully saturated rings. The fraction of sp³-hybridized carbons (Fsp3) is 0.240. The predicted molar refractivity (Wildman–Crippen MR) is 155 cm³/mol. The molecule has 2 aromatic carbocycles. The van der Waals surface area contributed by atoms with Gasteiger partial charge in [0, 0.05) is 25.4 Å².